The fourth-order valence-corrected chi connectivity index (χ4v) is 3.03. The summed E-state index contributed by atoms with van der Waals surface area (Å²) in [6.45, 7) is 2.66. The van der Waals surface area contributed by atoms with Gasteiger partial charge in [0.25, 0.3) is 0 Å². The Labute approximate surface area is 162 Å². The van der Waals surface area contributed by atoms with Crippen molar-refractivity contribution in [1.29, 1.82) is 0 Å². The van der Waals surface area contributed by atoms with E-state index in [1.165, 1.54) is 13.8 Å². The van der Waals surface area contributed by atoms with Gasteiger partial charge in [-0.3, -0.25) is 4.79 Å². The van der Waals surface area contributed by atoms with Crippen molar-refractivity contribution in [3.05, 3.63) is 69.0 Å². The maximum absolute atomic E-state index is 14.6. The van der Waals surface area contributed by atoms with E-state index in [0.717, 1.165) is 23.9 Å². The number of esters is 1. The van der Waals surface area contributed by atoms with Gasteiger partial charge < -0.3 is 14.0 Å². The quantitative estimate of drug-likeness (QED) is 0.482. The lowest BCUT2D eigenvalue weighted by Gasteiger charge is -2.17. The number of rotatable bonds is 4. The highest BCUT2D eigenvalue weighted by atomic mass is 19.2. The van der Waals surface area contributed by atoms with Crippen LogP contribution in [0, 0.1) is 30.2 Å². The number of carbonyl (C=O) groups is 1. The first-order chi connectivity index (χ1) is 13.7. The Morgan fingerprint density at radius 3 is 2.38 bits per heavy atom. The molecule has 0 aliphatic carbocycles. The Balaban J connectivity index is 2.52. The van der Waals surface area contributed by atoms with Gasteiger partial charge in [0.2, 0.25) is 5.43 Å². The molecule has 0 atom stereocenters. The Hall–Kier alpha value is -3.36. The smallest absolute Gasteiger partial charge is 0.343 e. The molecular weight excluding hydrogens is 394 g/mol. The van der Waals surface area contributed by atoms with Crippen molar-refractivity contribution in [3.8, 4) is 11.4 Å². The summed E-state index contributed by atoms with van der Waals surface area (Å²) in [6, 6.07) is 2.14. The lowest BCUT2D eigenvalue weighted by molar-refractivity contribution is 0.0524. The zero-order valence-electron chi connectivity index (χ0n) is 15.6. The molecule has 2 aromatic carbocycles. The van der Waals surface area contributed by atoms with Crippen LogP contribution in [0.25, 0.3) is 16.6 Å². The lowest BCUT2D eigenvalue weighted by Crippen LogP contribution is -2.22. The summed E-state index contributed by atoms with van der Waals surface area (Å²) in [4.78, 5) is 24.9. The maximum atomic E-state index is 14.6. The van der Waals surface area contributed by atoms with Crippen LogP contribution in [0.4, 0.5) is 17.6 Å². The predicted molar refractivity (Wildman–Crippen MR) is 96.6 cm³/mol. The number of nitrogens with zero attached hydrogens (tertiary/aromatic N) is 1. The van der Waals surface area contributed by atoms with Crippen molar-refractivity contribution < 1.29 is 31.8 Å². The van der Waals surface area contributed by atoms with Gasteiger partial charge in [0.05, 0.1) is 30.3 Å². The second-order valence-corrected chi connectivity index (χ2v) is 6.09. The number of ether oxygens (including phenoxy) is 2. The van der Waals surface area contributed by atoms with Crippen LogP contribution in [0.15, 0.2) is 29.2 Å². The molecule has 3 rings (SSSR count). The van der Waals surface area contributed by atoms with Crippen molar-refractivity contribution in [2.24, 2.45) is 0 Å². The monoisotopic (exact) mass is 409 g/mol. The fraction of sp³-hybridized carbons (Fsp3) is 0.200. The summed E-state index contributed by atoms with van der Waals surface area (Å²) in [5.74, 6) is -5.97. The van der Waals surface area contributed by atoms with Crippen LogP contribution >= 0.6 is 0 Å². The molecule has 0 amide bonds. The molecule has 1 aromatic heterocycles. The Kier molecular flexibility index (Phi) is 5.32. The zero-order valence-corrected chi connectivity index (χ0v) is 15.6. The number of pyridine rings is 1. The number of fused-ring (bicyclic) bond motifs is 1. The molecule has 0 bridgehead atoms. The van der Waals surface area contributed by atoms with Gasteiger partial charge in [-0.2, -0.15) is 0 Å². The number of carbonyl (C=O) groups excluding carboxylic acids is 1. The molecule has 0 aliphatic heterocycles. The maximum Gasteiger partial charge on any atom is 0.343 e. The van der Waals surface area contributed by atoms with E-state index in [4.69, 9.17) is 9.47 Å². The van der Waals surface area contributed by atoms with Crippen LogP contribution in [0.2, 0.25) is 0 Å². The number of aromatic nitrogens is 1. The predicted octanol–water partition coefficient (Wildman–Crippen LogP) is 4.04. The van der Waals surface area contributed by atoms with Crippen LogP contribution in [0.1, 0.15) is 22.8 Å². The second kappa shape index (κ2) is 7.57. The highest BCUT2D eigenvalue weighted by molar-refractivity contribution is 5.95. The molecule has 0 N–H and O–H groups in total. The van der Waals surface area contributed by atoms with Crippen LogP contribution in [-0.4, -0.2) is 24.3 Å². The molecular formula is C20H15F4NO4. The van der Waals surface area contributed by atoms with Gasteiger partial charge in [0, 0.05) is 23.9 Å². The van der Waals surface area contributed by atoms with Crippen LogP contribution in [0.5, 0.6) is 5.75 Å². The minimum absolute atomic E-state index is 0.0498. The molecule has 0 radical (unpaired) electrons. The van der Waals surface area contributed by atoms with Crippen molar-refractivity contribution >= 4 is 16.9 Å². The number of aryl methyl sites for hydroxylation is 1. The van der Waals surface area contributed by atoms with Crippen LogP contribution in [-0.2, 0) is 4.74 Å². The molecule has 29 heavy (non-hydrogen) atoms. The standard InChI is InChI=1S/C20H15F4NO4/c1-4-29-20(27)11-8-25(15-7-16(28-3)13(22)6-12(15)21)18-9(2)17(24)14(23)5-10(18)19(11)26/h5-8H,4H2,1-3H3. The van der Waals surface area contributed by atoms with Gasteiger partial charge in [-0.05, 0) is 19.9 Å². The summed E-state index contributed by atoms with van der Waals surface area (Å²) in [6.07, 6.45) is 0.947. The third-order valence-corrected chi connectivity index (χ3v) is 4.38. The summed E-state index contributed by atoms with van der Waals surface area (Å²) in [5.41, 5.74) is -2.25. The van der Waals surface area contributed by atoms with Crippen LogP contribution < -0.4 is 10.2 Å². The third-order valence-electron chi connectivity index (χ3n) is 4.38. The number of hydrogen-bond acceptors (Lipinski definition) is 4. The molecule has 0 unspecified atom stereocenters. The Morgan fingerprint density at radius 2 is 1.76 bits per heavy atom. The normalized spacial score (nSPS) is 11.0. The van der Waals surface area contributed by atoms with Gasteiger partial charge in [0.15, 0.2) is 23.2 Å². The molecule has 152 valence electrons. The second-order valence-electron chi connectivity index (χ2n) is 6.09. The highest BCUT2D eigenvalue weighted by Crippen LogP contribution is 2.29. The Bertz CT molecular complexity index is 1200. The number of methoxy groups -OCH3 is 1. The molecule has 0 saturated heterocycles. The molecule has 0 fully saturated rings. The van der Waals surface area contributed by atoms with Crippen molar-refractivity contribution in [2.75, 3.05) is 13.7 Å². The van der Waals surface area contributed by atoms with Crippen molar-refractivity contribution in [1.82, 2.24) is 4.57 Å². The van der Waals surface area contributed by atoms with E-state index < -0.39 is 40.2 Å². The molecule has 1 heterocycles. The largest absolute Gasteiger partial charge is 0.494 e. The first kappa shape index (κ1) is 20.4. The first-order valence-corrected chi connectivity index (χ1v) is 8.45. The SMILES string of the molecule is CCOC(=O)c1cn(-c2cc(OC)c(F)cc2F)c2c(C)c(F)c(F)cc2c1=O. The molecule has 9 heteroatoms. The van der Waals surface area contributed by atoms with E-state index in [1.54, 1.807) is 0 Å². The topological polar surface area (TPSA) is 57.5 Å². The average Bonchev–Trinajstić information content (AvgIpc) is 2.67. The number of halogens is 4. The van der Waals surface area contributed by atoms with Gasteiger partial charge in [-0.25, -0.2) is 22.4 Å². The van der Waals surface area contributed by atoms with E-state index in [1.807, 2.05) is 0 Å². The Morgan fingerprint density at radius 1 is 1.07 bits per heavy atom. The van der Waals surface area contributed by atoms with E-state index in [0.29, 0.717) is 12.1 Å². The van der Waals surface area contributed by atoms with E-state index in [2.05, 4.69) is 0 Å². The summed E-state index contributed by atoms with van der Waals surface area (Å²) in [5, 5.41) is -0.366. The lowest BCUT2D eigenvalue weighted by atomic mass is 10.1. The van der Waals surface area contributed by atoms with E-state index in [9.17, 15) is 27.2 Å². The fourth-order valence-electron chi connectivity index (χ4n) is 3.03. The first-order valence-electron chi connectivity index (χ1n) is 8.45. The highest BCUT2D eigenvalue weighted by Gasteiger charge is 2.23. The third kappa shape index (κ3) is 3.32. The number of hydrogen-bond donors (Lipinski definition) is 0. The summed E-state index contributed by atoms with van der Waals surface area (Å²) in [7, 11) is 1.16. The van der Waals surface area contributed by atoms with Gasteiger partial charge in [0.1, 0.15) is 11.4 Å². The minimum Gasteiger partial charge on any atom is -0.494 e. The molecule has 5 nitrogen and oxygen atoms in total. The van der Waals surface area contributed by atoms with Gasteiger partial charge >= 0.3 is 5.97 Å². The molecule has 3 aromatic rings. The number of benzene rings is 2. The summed E-state index contributed by atoms with van der Waals surface area (Å²) >= 11 is 0. The molecule has 0 aliphatic rings. The van der Waals surface area contributed by atoms with Gasteiger partial charge in [-0.1, -0.05) is 0 Å². The van der Waals surface area contributed by atoms with Crippen molar-refractivity contribution in [2.45, 2.75) is 13.8 Å². The molecule has 0 saturated carbocycles. The van der Waals surface area contributed by atoms with Gasteiger partial charge in [-0.15, -0.1) is 0 Å². The van der Waals surface area contributed by atoms with E-state index in [-0.39, 0.29) is 34.5 Å². The van der Waals surface area contributed by atoms with Crippen molar-refractivity contribution in [3.63, 3.8) is 0 Å². The van der Waals surface area contributed by atoms with Crippen LogP contribution in [0.3, 0.4) is 0 Å². The zero-order chi connectivity index (χ0) is 21.5. The summed E-state index contributed by atoms with van der Waals surface area (Å²) < 4.78 is 67.2. The average molecular weight is 409 g/mol. The minimum atomic E-state index is -1.31. The van der Waals surface area contributed by atoms with E-state index >= 15 is 0 Å². The molecule has 0 spiro atoms.